The van der Waals surface area contributed by atoms with Crippen molar-refractivity contribution < 1.29 is 9.26 Å². The van der Waals surface area contributed by atoms with Gasteiger partial charge in [-0.3, -0.25) is 0 Å². The van der Waals surface area contributed by atoms with E-state index in [1.165, 1.54) is 0 Å². The Hall–Kier alpha value is -1.39. The summed E-state index contributed by atoms with van der Waals surface area (Å²) in [5.74, 6) is 0.844. The van der Waals surface area contributed by atoms with Gasteiger partial charge in [-0.25, -0.2) is 0 Å². The lowest BCUT2D eigenvalue weighted by Crippen LogP contribution is -2.01. The highest BCUT2D eigenvalue weighted by atomic mass is 35.5. The highest BCUT2D eigenvalue weighted by Gasteiger charge is 2.04. The van der Waals surface area contributed by atoms with Gasteiger partial charge >= 0.3 is 0 Å². The van der Waals surface area contributed by atoms with Crippen LogP contribution in [-0.2, 0) is 6.42 Å². The second-order valence-electron chi connectivity index (χ2n) is 3.39. The number of aromatic nitrogens is 1. The first-order valence-electron chi connectivity index (χ1n) is 4.94. The third-order valence-corrected chi connectivity index (χ3v) is 2.63. The van der Waals surface area contributed by atoms with Crippen molar-refractivity contribution in [2.45, 2.75) is 6.42 Å². The number of ether oxygens (including phenoxy) is 1. The maximum atomic E-state index is 5.94. The van der Waals surface area contributed by atoms with Crippen molar-refractivity contribution in [2.24, 2.45) is 0 Å². The van der Waals surface area contributed by atoms with Gasteiger partial charge < -0.3 is 15.0 Å². The molecule has 2 N–H and O–H groups in total. The van der Waals surface area contributed by atoms with Crippen LogP contribution in [0, 0.1) is 0 Å². The van der Waals surface area contributed by atoms with Gasteiger partial charge in [-0.15, -0.1) is 0 Å². The summed E-state index contributed by atoms with van der Waals surface area (Å²) in [6.07, 6.45) is 0.587. The number of rotatable bonds is 4. The van der Waals surface area contributed by atoms with E-state index in [0.29, 0.717) is 34.7 Å². The average molecular weight is 273 g/mol. The van der Waals surface area contributed by atoms with E-state index in [1.54, 1.807) is 24.3 Å². The van der Waals surface area contributed by atoms with Gasteiger partial charge in [-0.05, 0) is 12.1 Å². The van der Waals surface area contributed by atoms with E-state index >= 15 is 0 Å². The van der Waals surface area contributed by atoms with E-state index in [-0.39, 0.29) is 0 Å². The zero-order chi connectivity index (χ0) is 12.3. The predicted molar refractivity (Wildman–Crippen MR) is 66.6 cm³/mol. The predicted octanol–water partition coefficient (Wildman–Crippen LogP) is 3.19. The van der Waals surface area contributed by atoms with Crippen molar-refractivity contribution in [2.75, 3.05) is 12.3 Å². The number of benzene rings is 1. The minimum atomic E-state index is 0.292. The van der Waals surface area contributed by atoms with Crippen molar-refractivity contribution in [3.05, 3.63) is 40.0 Å². The van der Waals surface area contributed by atoms with E-state index in [2.05, 4.69) is 5.16 Å². The molecule has 1 heterocycles. The lowest BCUT2D eigenvalue weighted by atomic mass is 10.3. The van der Waals surface area contributed by atoms with Crippen LogP contribution in [0.3, 0.4) is 0 Å². The van der Waals surface area contributed by atoms with Crippen LogP contribution in [0.25, 0.3) is 0 Å². The maximum absolute atomic E-state index is 5.94. The summed E-state index contributed by atoms with van der Waals surface area (Å²) >= 11 is 11.8. The Morgan fingerprint density at radius 3 is 2.82 bits per heavy atom. The molecule has 2 rings (SSSR count). The van der Waals surface area contributed by atoms with E-state index in [4.69, 9.17) is 38.2 Å². The highest BCUT2D eigenvalue weighted by Crippen LogP contribution is 2.27. The number of nitrogen functional groups attached to an aromatic ring is 1. The van der Waals surface area contributed by atoms with E-state index in [1.807, 2.05) is 0 Å². The second kappa shape index (κ2) is 5.29. The van der Waals surface area contributed by atoms with Gasteiger partial charge in [0.1, 0.15) is 5.75 Å². The SMILES string of the molecule is Nc1cc(CCOc2cc(Cl)ccc2Cl)no1. The summed E-state index contributed by atoms with van der Waals surface area (Å²) in [6, 6.07) is 6.71. The van der Waals surface area contributed by atoms with Gasteiger partial charge in [0.25, 0.3) is 0 Å². The molecule has 2 aromatic rings. The molecule has 0 spiro atoms. The molecule has 1 aromatic heterocycles. The fraction of sp³-hybridized carbons (Fsp3) is 0.182. The fourth-order valence-electron chi connectivity index (χ4n) is 1.30. The van der Waals surface area contributed by atoms with Crippen LogP contribution < -0.4 is 10.5 Å². The van der Waals surface area contributed by atoms with Crippen LogP contribution in [-0.4, -0.2) is 11.8 Å². The molecule has 1 aromatic carbocycles. The fourth-order valence-corrected chi connectivity index (χ4v) is 1.63. The molecule has 0 saturated carbocycles. The first kappa shape index (κ1) is 12.1. The van der Waals surface area contributed by atoms with Crippen LogP contribution in [0.4, 0.5) is 5.88 Å². The Kier molecular flexibility index (Phi) is 3.76. The first-order valence-corrected chi connectivity index (χ1v) is 5.69. The normalized spacial score (nSPS) is 10.5. The molecule has 0 fully saturated rings. The summed E-state index contributed by atoms with van der Waals surface area (Å²) in [5.41, 5.74) is 6.13. The van der Waals surface area contributed by atoms with Gasteiger partial charge in [0, 0.05) is 23.6 Å². The molecule has 6 heteroatoms. The van der Waals surface area contributed by atoms with Gasteiger partial charge in [0.05, 0.1) is 17.3 Å². The van der Waals surface area contributed by atoms with Crippen molar-refractivity contribution in [3.63, 3.8) is 0 Å². The summed E-state index contributed by atoms with van der Waals surface area (Å²) in [6.45, 7) is 0.423. The summed E-state index contributed by atoms with van der Waals surface area (Å²) in [4.78, 5) is 0. The lowest BCUT2D eigenvalue weighted by molar-refractivity contribution is 0.316. The van der Waals surface area contributed by atoms with Crippen LogP contribution in [0.5, 0.6) is 5.75 Å². The number of hydrogen-bond donors (Lipinski definition) is 1. The Morgan fingerprint density at radius 1 is 1.29 bits per heavy atom. The molecule has 0 radical (unpaired) electrons. The molecule has 0 atom stereocenters. The van der Waals surface area contributed by atoms with E-state index in [9.17, 15) is 0 Å². The van der Waals surface area contributed by atoms with Gasteiger partial charge in [-0.2, -0.15) is 0 Å². The standard InChI is InChI=1S/C11H10Cl2N2O2/c12-7-1-2-9(13)10(5-7)16-4-3-8-6-11(14)17-15-8/h1-2,5-6H,3-4,14H2. The summed E-state index contributed by atoms with van der Waals surface area (Å²) < 4.78 is 10.2. The van der Waals surface area contributed by atoms with Crippen molar-refractivity contribution in [1.82, 2.24) is 5.16 Å². The molecule has 4 nitrogen and oxygen atoms in total. The molecular weight excluding hydrogens is 263 g/mol. The second-order valence-corrected chi connectivity index (χ2v) is 4.24. The molecule has 0 aliphatic carbocycles. The zero-order valence-corrected chi connectivity index (χ0v) is 10.3. The Morgan fingerprint density at radius 2 is 2.12 bits per heavy atom. The third kappa shape index (κ3) is 3.28. The smallest absolute Gasteiger partial charge is 0.222 e. The minimum Gasteiger partial charge on any atom is -0.492 e. The van der Waals surface area contributed by atoms with E-state index < -0.39 is 0 Å². The first-order chi connectivity index (χ1) is 8.15. The quantitative estimate of drug-likeness (QED) is 0.929. The largest absolute Gasteiger partial charge is 0.492 e. The number of anilines is 1. The highest BCUT2D eigenvalue weighted by molar-refractivity contribution is 6.34. The van der Waals surface area contributed by atoms with Crippen LogP contribution >= 0.6 is 23.2 Å². The Balaban J connectivity index is 1.91. The summed E-state index contributed by atoms with van der Waals surface area (Å²) in [5, 5.41) is 4.85. The lowest BCUT2D eigenvalue weighted by Gasteiger charge is -2.06. The minimum absolute atomic E-state index is 0.292. The van der Waals surface area contributed by atoms with E-state index in [0.717, 1.165) is 5.69 Å². The third-order valence-electron chi connectivity index (χ3n) is 2.09. The summed E-state index contributed by atoms with van der Waals surface area (Å²) in [7, 11) is 0. The molecule has 0 amide bonds. The molecular formula is C11H10Cl2N2O2. The van der Waals surface area contributed by atoms with Crippen LogP contribution in [0.15, 0.2) is 28.8 Å². The molecule has 90 valence electrons. The number of nitrogens with two attached hydrogens (primary N) is 1. The maximum Gasteiger partial charge on any atom is 0.222 e. The molecule has 0 bridgehead atoms. The zero-order valence-electron chi connectivity index (χ0n) is 8.82. The molecule has 0 unspecified atom stereocenters. The van der Waals surface area contributed by atoms with Crippen LogP contribution in [0.1, 0.15) is 5.69 Å². The van der Waals surface area contributed by atoms with Crippen molar-refractivity contribution in [3.8, 4) is 5.75 Å². The number of halogens is 2. The van der Waals surface area contributed by atoms with Gasteiger partial charge in [-0.1, -0.05) is 28.4 Å². The van der Waals surface area contributed by atoms with Crippen molar-refractivity contribution in [1.29, 1.82) is 0 Å². The van der Waals surface area contributed by atoms with Crippen molar-refractivity contribution >= 4 is 29.1 Å². The molecule has 0 aliphatic rings. The monoisotopic (exact) mass is 272 g/mol. The number of hydrogen-bond acceptors (Lipinski definition) is 4. The number of nitrogens with zero attached hydrogens (tertiary/aromatic N) is 1. The molecule has 0 saturated heterocycles. The molecule has 0 aliphatic heterocycles. The Labute approximate surface area is 108 Å². The van der Waals surface area contributed by atoms with Crippen LogP contribution in [0.2, 0.25) is 10.0 Å². The molecule has 17 heavy (non-hydrogen) atoms. The average Bonchev–Trinajstić information content (AvgIpc) is 2.69. The van der Waals surface area contributed by atoms with Gasteiger partial charge in [0.15, 0.2) is 0 Å². The topological polar surface area (TPSA) is 61.3 Å². The Bertz CT molecular complexity index is 514. The van der Waals surface area contributed by atoms with Gasteiger partial charge in [0.2, 0.25) is 5.88 Å².